The van der Waals surface area contributed by atoms with Gasteiger partial charge in [-0.15, -0.1) is 0 Å². The molecule has 1 heterocycles. The molecule has 1 aliphatic rings. The molecule has 0 aliphatic carbocycles. The van der Waals surface area contributed by atoms with Crippen molar-refractivity contribution in [3.63, 3.8) is 0 Å². The Morgan fingerprint density at radius 3 is 2.59 bits per heavy atom. The lowest BCUT2D eigenvalue weighted by Crippen LogP contribution is -2.28. The zero-order chi connectivity index (χ0) is 23.3. The average Bonchev–Trinajstić information content (AvgIpc) is 3.23. The van der Waals surface area contributed by atoms with E-state index in [1.54, 1.807) is 38.1 Å². The lowest BCUT2D eigenvalue weighted by atomic mass is 9.82. The van der Waals surface area contributed by atoms with Gasteiger partial charge in [-0.2, -0.15) is 0 Å². The number of phenolic OH excluding ortho intramolecular Hbond substituents is 1. The van der Waals surface area contributed by atoms with Gasteiger partial charge in [-0.1, -0.05) is 26.0 Å². The number of amides is 2. The van der Waals surface area contributed by atoms with Crippen LogP contribution in [0.2, 0.25) is 0 Å². The van der Waals surface area contributed by atoms with E-state index in [2.05, 4.69) is 5.32 Å². The van der Waals surface area contributed by atoms with Gasteiger partial charge in [0.1, 0.15) is 6.10 Å². The van der Waals surface area contributed by atoms with Crippen LogP contribution >= 0.6 is 0 Å². The first-order valence-corrected chi connectivity index (χ1v) is 9.61. The predicted octanol–water partition coefficient (Wildman–Crippen LogP) is 3.51. The van der Waals surface area contributed by atoms with E-state index in [1.807, 2.05) is 0 Å². The Bertz CT molecular complexity index is 1030. The van der Waals surface area contributed by atoms with E-state index in [1.165, 1.54) is 30.8 Å². The molecule has 10 nitrogen and oxygen atoms in total. The molecule has 32 heavy (non-hydrogen) atoms. The van der Waals surface area contributed by atoms with Crippen molar-refractivity contribution in [3.05, 3.63) is 54.1 Å². The summed E-state index contributed by atoms with van der Waals surface area (Å²) in [6, 6.07) is 9.50. The normalized spacial score (nSPS) is 13.5. The second kappa shape index (κ2) is 9.48. The number of hydroxylamine groups is 1. The number of anilines is 1. The van der Waals surface area contributed by atoms with Crippen LogP contribution in [-0.4, -0.2) is 36.2 Å². The molecule has 1 aliphatic heterocycles. The SMILES string of the molecule is COc1ccc([C@@H](OC(=O)Nc2ccc3c(c2)OCO3)C(C)(C)/C=C/C(=O)NO)cc1O. The summed E-state index contributed by atoms with van der Waals surface area (Å²) in [5.41, 5.74) is 1.49. The fourth-order valence-corrected chi connectivity index (χ4v) is 3.16. The first-order valence-electron chi connectivity index (χ1n) is 9.61. The fourth-order valence-electron chi connectivity index (χ4n) is 3.16. The number of hydrogen-bond acceptors (Lipinski definition) is 8. The summed E-state index contributed by atoms with van der Waals surface area (Å²) >= 11 is 0. The number of carbonyl (C=O) groups is 2. The maximum atomic E-state index is 12.7. The van der Waals surface area contributed by atoms with Crippen molar-refractivity contribution in [2.75, 3.05) is 19.2 Å². The van der Waals surface area contributed by atoms with Gasteiger partial charge in [0.15, 0.2) is 23.0 Å². The molecule has 0 saturated carbocycles. The van der Waals surface area contributed by atoms with E-state index in [0.29, 0.717) is 22.7 Å². The molecule has 2 amide bonds. The number of hydrogen-bond donors (Lipinski definition) is 4. The van der Waals surface area contributed by atoms with E-state index in [9.17, 15) is 14.7 Å². The molecule has 0 radical (unpaired) electrons. The van der Waals surface area contributed by atoms with Crippen LogP contribution in [0.4, 0.5) is 10.5 Å². The Balaban J connectivity index is 1.86. The second-order valence-corrected chi connectivity index (χ2v) is 7.54. The number of rotatable bonds is 7. The summed E-state index contributed by atoms with van der Waals surface area (Å²) < 4.78 is 21.3. The van der Waals surface area contributed by atoms with Crippen LogP contribution in [0, 0.1) is 5.41 Å². The molecule has 0 spiro atoms. The monoisotopic (exact) mass is 444 g/mol. The van der Waals surface area contributed by atoms with Gasteiger partial charge in [0.05, 0.1) is 7.11 Å². The average molecular weight is 444 g/mol. The molecule has 0 bridgehead atoms. The fraction of sp³-hybridized carbons (Fsp3) is 0.273. The van der Waals surface area contributed by atoms with Crippen LogP contribution in [0.3, 0.4) is 0 Å². The Morgan fingerprint density at radius 1 is 1.16 bits per heavy atom. The Hall–Kier alpha value is -3.92. The number of nitrogens with one attached hydrogen (secondary N) is 2. The minimum atomic E-state index is -0.920. The number of fused-ring (bicyclic) bond motifs is 1. The number of carbonyl (C=O) groups excluding carboxylic acids is 2. The van der Waals surface area contributed by atoms with Crippen LogP contribution in [-0.2, 0) is 9.53 Å². The quantitative estimate of drug-likeness (QED) is 0.289. The molecule has 0 saturated heterocycles. The van der Waals surface area contributed by atoms with Gasteiger partial charge in [-0.05, 0) is 29.8 Å². The van der Waals surface area contributed by atoms with E-state index in [4.69, 9.17) is 24.2 Å². The minimum absolute atomic E-state index is 0.105. The summed E-state index contributed by atoms with van der Waals surface area (Å²) in [5, 5.41) is 21.6. The topological polar surface area (TPSA) is 136 Å². The zero-order valence-corrected chi connectivity index (χ0v) is 17.7. The minimum Gasteiger partial charge on any atom is -0.504 e. The summed E-state index contributed by atoms with van der Waals surface area (Å²) in [4.78, 5) is 24.2. The number of aromatic hydroxyl groups is 1. The van der Waals surface area contributed by atoms with E-state index in [0.717, 1.165) is 6.08 Å². The van der Waals surface area contributed by atoms with Gasteiger partial charge in [-0.25, -0.2) is 10.3 Å². The van der Waals surface area contributed by atoms with Crippen molar-refractivity contribution in [1.82, 2.24) is 5.48 Å². The van der Waals surface area contributed by atoms with Crippen LogP contribution < -0.4 is 25.0 Å². The Kier molecular flexibility index (Phi) is 6.74. The molecular formula is C22H24N2O8. The van der Waals surface area contributed by atoms with Crippen molar-refractivity contribution >= 4 is 17.7 Å². The third kappa shape index (κ3) is 5.22. The van der Waals surface area contributed by atoms with Crippen LogP contribution in [0.5, 0.6) is 23.0 Å². The number of benzene rings is 2. The molecule has 2 aromatic rings. The molecule has 0 fully saturated rings. The van der Waals surface area contributed by atoms with Gasteiger partial charge in [-0.3, -0.25) is 15.3 Å². The highest BCUT2D eigenvalue weighted by molar-refractivity contribution is 5.87. The van der Waals surface area contributed by atoms with Gasteiger partial charge in [0.2, 0.25) is 6.79 Å². The predicted molar refractivity (Wildman–Crippen MR) is 113 cm³/mol. The van der Waals surface area contributed by atoms with Crippen molar-refractivity contribution in [1.29, 1.82) is 0 Å². The molecule has 3 rings (SSSR count). The van der Waals surface area contributed by atoms with Gasteiger partial charge in [0.25, 0.3) is 5.91 Å². The standard InChI is InChI=1S/C22H24N2O8/c1-22(2,9-8-19(26)24-28)20(13-4-6-16(29-3)15(25)10-13)32-21(27)23-14-5-7-17-18(11-14)31-12-30-17/h4-11,20,25,28H,12H2,1-3H3,(H,23,27)(H,24,26)/b9-8+/t20-/m1/s1. The molecular weight excluding hydrogens is 420 g/mol. The van der Waals surface area contributed by atoms with Crippen molar-refractivity contribution in [2.45, 2.75) is 20.0 Å². The van der Waals surface area contributed by atoms with Crippen molar-refractivity contribution in [2.24, 2.45) is 5.41 Å². The zero-order valence-electron chi connectivity index (χ0n) is 17.7. The maximum absolute atomic E-state index is 12.7. The van der Waals surface area contributed by atoms with Crippen molar-refractivity contribution < 1.29 is 38.9 Å². The van der Waals surface area contributed by atoms with Gasteiger partial charge < -0.3 is 24.1 Å². The summed E-state index contributed by atoms with van der Waals surface area (Å²) in [6.07, 6.45) is 0.918. The number of methoxy groups -OCH3 is 1. The van der Waals surface area contributed by atoms with Crippen LogP contribution in [0.1, 0.15) is 25.5 Å². The molecule has 1 atom stereocenters. The van der Waals surface area contributed by atoms with Gasteiger partial charge >= 0.3 is 6.09 Å². The lowest BCUT2D eigenvalue weighted by Gasteiger charge is -2.32. The second-order valence-electron chi connectivity index (χ2n) is 7.54. The highest BCUT2D eigenvalue weighted by Crippen LogP contribution is 2.41. The van der Waals surface area contributed by atoms with E-state index >= 15 is 0 Å². The summed E-state index contributed by atoms with van der Waals surface area (Å²) in [7, 11) is 1.42. The largest absolute Gasteiger partial charge is 0.504 e. The first kappa shape index (κ1) is 22.8. The van der Waals surface area contributed by atoms with Crippen LogP contribution in [0.25, 0.3) is 0 Å². The highest BCUT2D eigenvalue weighted by Gasteiger charge is 2.33. The molecule has 4 N–H and O–H groups in total. The third-order valence-corrected chi connectivity index (χ3v) is 4.80. The summed E-state index contributed by atoms with van der Waals surface area (Å²) in [6.45, 7) is 3.57. The number of ether oxygens (including phenoxy) is 4. The molecule has 2 aromatic carbocycles. The maximum Gasteiger partial charge on any atom is 0.412 e. The van der Waals surface area contributed by atoms with E-state index in [-0.39, 0.29) is 18.3 Å². The Labute approximate surface area is 184 Å². The highest BCUT2D eigenvalue weighted by atomic mass is 16.7. The number of phenols is 1. The lowest BCUT2D eigenvalue weighted by molar-refractivity contribution is -0.124. The summed E-state index contributed by atoms with van der Waals surface area (Å²) in [5.74, 6) is 0.453. The van der Waals surface area contributed by atoms with Gasteiger partial charge in [0, 0.05) is 23.2 Å². The van der Waals surface area contributed by atoms with E-state index < -0.39 is 23.5 Å². The molecule has 0 unspecified atom stereocenters. The first-order chi connectivity index (χ1) is 15.2. The molecule has 0 aromatic heterocycles. The molecule has 10 heteroatoms. The third-order valence-electron chi connectivity index (χ3n) is 4.80. The van der Waals surface area contributed by atoms with Crippen molar-refractivity contribution in [3.8, 4) is 23.0 Å². The Morgan fingerprint density at radius 2 is 1.91 bits per heavy atom. The smallest absolute Gasteiger partial charge is 0.412 e. The van der Waals surface area contributed by atoms with Crippen LogP contribution in [0.15, 0.2) is 48.6 Å². The molecule has 170 valence electrons.